The quantitative estimate of drug-likeness (QED) is 0.682. The summed E-state index contributed by atoms with van der Waals surface area (Å²) in [6.07, 6.45) is 0.422. The number of nitrogens with zero attached hydrogens (tertiary/aromatic N) is 1. The van der Waals surface area contributed by atoms with E-state index >= 15 is 0 Å². The first-order valence-corrected chi connectivity index (χ1v) is 6.12. The van der Waals surface area contributed by atoms with Gasteiger partial charge in [0.05, 0.1) is 17.4 Å². The summed E-state index contributed by atoms with van der Waals surface area (Å²) in [5.41, 5.74) is 7.71. The van der Waals surface area contributed by atoms with Gasteiger partial charge in [-0.25, -0.2) is 0 Å². The highest BCUT2D eigenvalue weighted by molar-refractivity contribution is 5.96. The van der Waals surface area contributed by atoms with Crippen molar-refractivity contribution < 1.29 is 9.59 Å². The zero-order chi connectivity index (χ0) is 14.0. The van der Waals surface area contributed by atoms with Crippen molar-refractivity contribution in [1.82, 2.24) is 10.2 Å². The van der Waals surface area contributed by atoms with E-state index in [-0.39, 0.29) is 17.9 Å². The van der Waals surface area contributed by atoms with Gasteiger partial charge in [0.2, 0.25) is 5.91 Å². The van der Waals surface area contributed by atoms with Crippen molar-refractivity contribution in [3.8, 4) is 0 Å². The molecule has 0 bridgehead atoms. The lowest BCUT2D eigenvalue weighted by atomic mass is 10.1. The molecule has 6 nitrogen and oxygen atoms in total. The summed E-state index contributed by atoms with van der Waals surface area (Å²) in [4.78, 5) is 24.5. The molecule has 1 aliphatic heterocycles. The van der Waals surface area contributed by atoms with Gasteiger partial charge < -0.3 is 21.3 Å². The summed E-state index contributed by atoms with van der Waals surface area (Å²) < 4.78 is 0. The molecule has 0 saturated carbocycles. The highest BCUT2D eigenvalue weighted by Crippen LogP contribution is 2.22. The Hall–Kier alpha value is -2.24. The highest BCUT2D eigenvalue weighted by atomic mass is 16.2. The number of hydrogen-bond donors (Lipinski definition) is 3. The highest BCUT2D eigenvalue weighted by Gasteiger charge is 2.22. The van der Waals surface area contributed by atoms with Crippen LogP contribution in [0, 0.1) is 0 Å². The molecule has 1 saturated heterocycles. The SMILES string of the molecule is CN(C)C(=O)c1ccc(N)c(NC2CNC(=O)C2)c1. The van der Waals surface area contributed by atoms with E-state index in [2.05, 4.69) is 10.6 Å². The largest absolute Gasteiger partial charge is 0.397 e. The zero-order valence-corrected chi connectivity index (χ0v) is 11.1. The first-order valence-electron chi connectivity index (χ1n) is 6.12. The van der Waals surface area contributed by atoms with Crippen molar-refractivity contribution in [1.29, 1.82) is 0 Å². The molecule has 1 aliphatic rings. The number of carbonyl (C=O) groups is 2. The fraction of sp³-hybridized carbons (Fsp3) is 0.385. The van der Waals surface area contributed by atoms with Crippen LogP contribution in [0.5, 0.6) is 0 Å². The van der Waals surface area contributed by atoms with Crippen molar-refractivity contribution in [2.45, 2.75) is 12.5 Å². The number of hydrogen-bond acceptors (Lipinski definition) is 4. The van der Waals surface area contributed by atoms with Gasteiger partial charge in [0.1, 0.15) is 0 Å². The molecule has 1 unspecified atom stereocenters. The molecular weight excluding hydrogens is 244 g/mol. The van der Waals surface area contributed by atoms with Crippen LogP contribution in [0.2, 0.25) is 0 Å². The van der Waals surface area contributed by atoms with Gasteiger partial charge in [-0.1, -0.05) is 0 Å². The normalized spacial score (nSPS) is 18.0. The lowest BCUT2D eigenvalue weighted by Crippen LogP contribution is -2.24. The Morgan fingerprint density at radius 1 is 1.47 bits per heavy atom. The number of nitrogens with two attached hydrogens (primary N) is 1. The number of anilines is 2. The van der Waals surface area contributed by atoms with Gasteiger partial charge in [-0.15, -0.1) is 0 Å². The van der Waals surface area contributed by atoms with Gasteiger partial charge >= 0.3 is 0 Å². The van der Waals surface area contributed by atoms with E-state index in [1.807, 2.05) is 0 Å². The zero-order valence-electron chi connectivity index (χ0n) is 11.1. The number of rotatable bonds is 3. The summed E-state index contributed by atoms with van der Waals surface area (Å²) in [7, 11) is 3.40. The van der Waals surface area contributed by atoms with E-state index in [4.69, 9.17) is 5.73 Å². The molecule has 0 aliphatic carbocycles. The predicted octanol–water partition coefficient (Wildman–Crippen LogP) is 0.271. The van der Waals surface area contributed by atoms with Crippen LogP contribution in [-0.4, -0.2) is 43.4 Å². The molecule has 0 aromatic heterocycles. The van der Waals surface area contributed by atoms with Crippen molar-refractivity contribution in [2.75, 3.05) is 31.7 Å². The van der Waals surface area contributed by atoms with E-state index in [1.165, 1.54) is 4.90 Å². The summed E-state index contributed by atoms with van der Waals surface area (Å²) in [6.45, 7) is 0.574. The van der Waals surface area contributed by atoms with Gasteiger partial charge in [-0.3, -0.25) is 9.59 Å². The van der Waals surface area contributed by atoms with E-state index in [0.717, 1.165) is 0 Å². The molecule has 1 aromatic rings. The molecule has 19 heavy (non-hydrogen) atoms. The third-order valence-electron chi connectivity index (χ3n) is 3.04. The molecule has 0 radical (unpaired) electrons. The molecule has 1 fully saturated rings. The number of amides is 2. The van der Waals surface area contributed by atoms with Gasteiger partial charge in [0.15, 0.2) is 0 Å². The van der Waals surface area contributed by atoms with Crippen LogP contribution in [-0.2, 0) is 4.79 Å². The molecule has 102 valence electrons. The van der Waals surface area contributed by atoms with Crippen LogP contribution in [0.3, 0.4) is 0 Å². The van der Waals surface area contributed by atoms with Gasteiger partial charge in [0.25, 0.3) is 5.91 Å². The van der Waals surface area contributed by atoms with Crippen molar-refractivity contribution in [2.24, 2.45) is 0 Å². The first kappa shape index (κ1) is 13.2. The van der Waals surface area contributed by atoms with Crippen molar-refractivity contribution in [3.05, 3.63) is 23.8 Å². The Kier molecular flexibility index (Phi) is 3.59. The Morgan fingerprint density at radius 3 is 2.79 bits per heavy atom. The van der Waals surface area contributed by atoms with E-state index < -0.39 is 0 Å². The lowest BCUT2D eigenvalue weighted by Gasteiger charge is -2.16. The number of benzene rings is 1. The van der Waals surface area contributed by atoms with Crippen LogP contribution < -0.4 is 16.4 Å². The fourth-order valence-corrected chi connectivity index (χ4v) is 2.00. The van der Waals surface area contributed by atoms with E-state index in [9.17, 15) is 9.59 Å². The van der Waals surface area contributed by atoms with E-state index in [0.29, 0.717) is 29.9 Å². The molecule has 2 amide bonds. The molecule has 6 heteroatoms. The summed E-state index contributed by atoms with van der Waals surface area (Å²) in [5, 5.41) is 5.94. The maximum absolute atomic E-state index is 11.9. The number of carbonyl (C=O) groups excluding carboxylic acids is 2. The molecule has 1 atom stereocenters. The molecule has 1 aromatic carbocycles. The Morgan fingerprint density at radius 2 is 2.21 bits per heavy atom. The third-order valence-corrected chi connectivity index (χ3v) is 3.04. The average Bonchev–Trinajstić information content (AvgIpc) is 2.76. The predicted molar refractivity (Wildman–Crippen MR) is 73.9 cm³/mol. The third kappa shape index (κ3) is 2.96. The number of nitrogen functional groups attached to an aromatic ring is 1. The molecule has 1 heterocycles. The van der Waals surface area contributed by atoms with Crippen molar-refractivity contribution >= 4 is 23.2 Å². The minimum absolute atomic E-state index is 0.0134. The number of nitrogens with one attached hydrogen (secondary N) is 2. The monoisotopic (exact) mass is 262 g/mol. The van der Waals surface area contributed by atoms with Crippen LogP contribution >= 0.6 is 0 Å². The maximum Gasteiger partial charge on any atom is 0.253 e. The Bertz CT molecular complexity index is 513. The second-order valence-electron chi connectivity index (χ2n) is 4.85. The average molecular weight is 262 g/mol. The minimum atomic E-state index is -0.0799. The van der Waals surface area contributed by atoms with Crippen LogP contribution in [0.4, 0.5) is 11.4 Å². The fourth-order valence-electron chi connectivity index (χ4n) is 2.00. The minimum Gasteiger partial charge on any atom is -0.397 e. The van der Waals surface area contributed by atoms with Gasteiger partial charge in [-0.2, -0.15) is 0 Å². The smallest absolute Gasteiger partial charge is 0.253 e. The van der Waals surface area contributed by atoms with Crippen LogP contribution in [0.15, 0.2) is 18.2 Å². The molecular formula is C13H18N4O2. The van der Waals surface area contributed by atoms with Crippen LogP contribution in [0.25, 0.3) is 0 Å². The Balaban J connectivity index is 2.17. The lowest BCUT2D eigenvalue weighted by molar-refractivity contribution is -0.119. The second kappa shape index (κ2) is 5.17. The second-order valence-corrected chi connectivity index (χ2v) is 4.85. The van der Waals surface area contributed by atoms with Gasteiger partial charge in [0, 0.05) is 32.6 Å². The standard InChI is InChI=1S/C13H18N4O2/c1-17(2)13(19)8-3-4-10(14)11(5-8)16-9-6-12(18)15-7-9/h3-5,9,16H,6-7,14H2,1-2H3,(H,15,18). The summed E-state index contributed by atoms with van der Waals surface area (Å²) >= 11 is 0. The van der Waals surface area contributed by atoms with E-state index in [1.54, 1.807) is 32.3 Å². The summed E-state index contributed by atoms with van der Waals surface area (Å²) in [6, 6.07) is 5.13. The summed E-state index contributed by atoms with van der Waals surface area (Å²) in [5.74, 6) is -0.0553. The topological polar surface area (TPSA) is 87.5 Å². The molecule has 2 rings (SSSR count). The van der Waals surface area contributed by atoms with Crippen molar-refractivity contribution in [3.63, 3.8) is 0 Å². The maximum atomic E-state index is 11.9. The Labute approximate surface area is 112 Å². The van der Waals surface area contributed by atoms with Gasteiger partial charge in [-0.05, 0) is 18.2 Å². The molecule has 4 N–H and O–H groups in total. The molecule has 0 spiro atoms. The van der Waals surface area contributed by atoms with Crippen LogP contribution in [0.1, 0.15) is 16.8 Å². The first-order chi connectivity index (χ1) is 8.97.